The predicted molar refractivity (Wildman–Crippen MR) is 64.1 cm³/mol. The number of alkyl halides is 3. The van der Waals surface area contributed by atoms with Gasteiger partial charge in [-0.05, 0) is 12.1 Å². The largest absolute Gasteiger partial charge is 0.449 e. The second-order valence-electron chi connectivity index (χ2n) is 3.48. The minimum atomic E-state index is -1.70. The summed E-state index contributed by atoms with van der Waals surface area (Å²) in [6.45, 7) is 0. The normalized spacial score (nSPS) is 24.9. The minimum absolute atomic E-state index is 0.0468. The quantitative estimate of drug-likeness (QED) is 0.581. The van der Waals surface area contributed by atoms with Crippen molar-refractivity contribution < 1.29 is 9.53 Å². The molecule has 0 aromatic heterocycles. The van der Waals surface area contributed by atoms with Crippen molar-refractivity contribution >= 4 is 52.4 Å². The highest BCUT2D eigenvalue weighted by Gasteiger charge is 2.61. The van der Waals surface area contributed by atoms with E-state index in [1.54, 1.807) is 24.3 Å². The van der Waals surface area contributed by atoms with Crippen LogP contribution in [0.15, 0.2) is 24.3 Å². The number of carbonyl (C=O) groups is 1. The maximum Gasteiger partial charge on any atom is 0.311 e. The van der Waals surface area contributed by atoms with Gasteiger partial charge in [-0.3, -0.25) is 4.79 Å². The molecule has 2 rings (SSSR count). The van der Waals surface area contributed by atoms with Crippen LogP contribution in [0.25, 0.3) is 0 Å². The van der Waals surface area contributed by atoms with Gasteiger partial charge in [0, 0.05) is 10.6 Å². The summed E-state index contributed by atoms with van der Waals surface area (Å²) in [7, 11) is 0. The molecule has 0 unspecified atom stereocenters. The average molecular weight is 300 g/mol. The molecule has 0 radical (unpaired) electrons. The van der Waals surface area contributed by atoms with Crippen LogP contribution in [0.5, 0.6) is 0 Å². The van der Waals surface area contributed by atoms with Crippen LogP contribution >= 0.6 is 46.4 Å². The molecule has 1 aromatic rings. The molecule has 1 fully saturated rings. The molecule has 0 amide bonds. The molecule has 2 nitrogen and oxygen atoms in total. The Labute approximate surface area is 112 Å². The lowest BCUT2D eigenvalue weighted by molar-refractivity contribution is -0.193. The van der Waals surface area contributed by atoms with Crippen LogP contribution in [0.1, 0.15) is 12.0 Å². The summed E-state index contributed by atoms with van der Waals surface area (Å²) in [5.41, 5.74) is -0.573. The van der Waals surface area contributed by atoms with Crippen molar-refractivity contribution in [3.05, 3.63) is 34.9 Å². The molecule has 1 heterocycles. The molecule has 0 N–H and O–H groups in total. The highest BCUT2D eigenvalue weighted by Crippen LogP contribution is 2.54. The number of rotatable bonds is 1. The SMILES string of the molecule is O=C1C[C@](c2ccc(Cl)cc2)(C(Cl)(Cl)Cl)O1. The Hall–Kier alpha value is -0.150. The second-order valence-corrected chi connectivity index (χ2v) is 6.20. The van der Waals surface area contributed by atoms with Crippen LogP contribution in [0.4, 0.5) is 0 Å². The molecule has 0 saturated carbocycles. The molecule has 86 valence electrons. The lowest BCUT2D eigenvalue weighted by Crippen LogP contribution is -2.54. The van der Waals surface area contributed by atoms with Crippen LogP contribution in [-0.2, 0) is 15.1 Å². The Kier molecular flexibility index (Phi) is 3.04. The third-order valence-corrected chi connectivity index (χ3v) is 3.62. The van der Waals surface area contributed by atoms with E-state index in [1.807, 2.05) is 0 Å². The van der Waals surface area contributed by atoms with Crippen molar-refractivity contribution in [1.82, 2.24) is 0 Å². The van der Waals surface area contributed by atoms with Crippen molar-refractivity contribution in [3.63, 3.8) is 0 Å². The molecule has 1 saturated heterocycles. The van der Waals surface area contributed by atoms with E-state index in [1.165, 1.54) is 0 Å². The van der Waals surface area contributed by atoms with Gasteiger partial charge in [-0.15, -0.1) is 0 Å². The number of halogens is 4. The third-order valence-electron chi connectivity index (χ3n) is 2.45. The number of benzene rings is 1. The number of cyclic esters (lactones) is 1. The van der Waals surface area contributed by atoms with E-state index in [2.05, 4.69) is 0 Å². The smallest absolute Gasteiger partial charge is 0.311 e. The summed E-state index contributed by atoms with van der Waals surface area (Å²) in [5, 5.41) is 0.564. The van der Waals surface area contributed by atoms with E-state index < -0.39 is 9.39 Å². The highest BCUT2D eigenvalue weighted by atomic mass is 35.6. The summed E-state index contributed by atoms with van der Waals surface area (Å²) in [4.78, 5) is 11.0. The van der Waals surface area contributed by atoms with Gasteiger partial charge < -0.3 is 4.74 Å². The second kappa shape index (κ2) is 3.95. The van der Waals surface area contributed by atoms with Gasteiger partial charge in [-0.25, -0.2) is 0 Å². The summed E-state index contributed by atoms with van der Waals surface area (Å²) in [6, 6.07) is 6.66. The number of hydrogen-bond donors (Lipinski definition) is 0. The molecular weight excluding hydrogens is 294 g/mol. The first-order chi connectivity index (χ1) is 7.35. The van der Waals surface area contributed by atoms with Gasteiger partial charge >= 0.3 is 5.97 Å². The van der Waals surface area contributed by atoms with Crippen LogP contribution in [0, 0.1) is 0 Å². The molecule has 1 atom stereocenters. The van der Waals surface area contributed by atoms with Crippen molar-refractivity contribution in [1.29, 1.82) is 0 Å². The van der Waals surface area contributed by atoms with Crippen molar-refractivity contribution in [2.45, 2.75) is 15.8 Å². The highest BCUT2D eigenvalue weighted by molar-refractivity contribution is 6.68. The minimum Gasteiger partial charge on any atom is -0.449 e. The lowest BCUT2D eigenvalue weighted by Gasteiger charge is -2.45. The Balaban J connectivity index is 2.42. The molecule has 0 bridgehead atoms. The summed E-state index contributed by atoms with van der Waals surface area (Å²) in [6.07, 6.45) is 0.0468. The molecule has 6 heteroatoms. The number of ether oxygens (including phenoxy) is 1. The molecular formula is C10H6Cl4O2. The first-order valence-electron chi connectivity index (χ1n) is 4.40. The van der Waals surface area contributed by atoms with Gasteiger partial charge in [-0.1, -0.05) is 58.5 Å². The zero-order chi connectivity index (χ0) is 12.0. The lowest BCUT2D eigenvalue weighted by atomic mass is 9.87. The maximum absolute atomic E-state index is 11.0. The summed E-state index contributed by atoms with van der Waals surface area (Å²) >= 11 is 23.3. The Morgan fingerprint density at radius 2 is 1.69 bits per heavy atom. The Morgan fingerprint density at radius 3 is 2.06 bits per heavy atom. The van der Waals surface area contributed by atoms with E-state index >= 15 is 0 Å². The van der Waals surface area contributed by atoms with Crippen LogP contribution in [0.3, 0.4) is 0 Å². The maximum atomic E-state index is 11.0. The molecule has 1 aliphatic rings. The number of esters is 1. The average Bonchev–Trinajstić information content (AvgIpc) is 2.12. The number of hydrogen-bond acceptors (Lipinski definition) is 2. The van der Waals surface area contributed by atoms with Crippen molar-refractivity contribution in [2.75, 3.05) is 0 Å². The fraction of sp³-hybridized carbons (Fsp3) is 0.300. The Morgan fingerprint density at radius 1 is 1.19 bits per heavy atom. The van der Waals surface area contributed by atoms with E-state index in [0.717, 1.165) is 0 Å². The molecule has 0 aliphatic carbocycles. The predicted octanol–water partition coefficient (Wildman–Crippen LogP) is 3.85. The topological polar surface area (TPSA) is 26.3 Å². The number of carbonyl (C=O) groups excluding carboxylic acids is 1. The molecule has 1 aliphatic heterocycles. The van der Waals surface area contributed by atoms with Gasteiger partial charge in [0.05, 0.1) is 6.42 Å². The van der Waals surface area contributed by atoms with Gasteiger partial charge in [0.1, 0.15) is 0 Å². The van der Waals surface area contributed by atoms with Gasteiger partial charge in [0.15, 0.2) is 5.60 Å². The van der Waals surface area contributed by atoms with E-state index in [4.69, 9.17) is 51.1 Å². The van der Waals surface area contributed by atoms with Gasteiger partial charge in [0.2, 0.25) is 3.79 Å². The van der Waals surface area contributed by atoms with Crippen LogP contribution in [-0.4, -0.2) is 9.76 Å². The zero-order valence-electron chi connectivity index (χ0n) is 7.84. The molecule has 1 aromatic carbocycles. The standard InChI is InChI=1S/C10H6Cl4O2/c11-7-3-1-6(2-4-7)9(10(12,13)14)5-8(15)16-9/h1-4H,5H2/t9-/m0/s1. The van der Waals surface area contributed by atoms with E-state index in [-0.39, 0.29) is 12.4 Å². The van der Waals surface area contributed by atoms with Gasteiger partial charge in [-0.2, -0.15) is 0 Å². The van der Waals surface area contributed by atoms with Crippen LogP contribution in [0.2, 0.25) is 5.02 Å². The van der Waals surface area contributed by atoms with Crippen LogP contribution < -0.4 is 0 Å². The fourth-order valence-electron chi connectivity index (χ4n) is 1.59. The van der Waals surface area contributed by atoms with E-state index in [9.17, 15) is 4.79 Å². The third kappa shape index (κ3) is 1.88. The molecule has 16 heavy (non-hydrogen) atoms. The van der Waals surface area contributed by atoms with E-state index in [0.29, 0.717) is 10.6 Å². The fourth-order valence-corrected chi connectivity index (χ4v) is 2.36. The monoisotopic (exact) mass is 298 g/mol. The zero-order valence-corrected chi connectivity index (χ0v) is 10.9. The first-order valence-corrected chi connectivity index (χ1v) is 5.91. The Bertz CT molecular complexity index is 413. The summed E-state index contributed by atoms with van der Waals surface area (Å²) in [5.74, 6) is -0.388. The van der Waals surface area contributed by atoms with Crippen molar-refractivity contribution in [2.24, 2.45) is 0 Å². The molecule has 0 spiro atoms. The van der Waals surface area contributed by atoms with Crippen molar-refractivity contribution in [3.8, 4) is 0 Å². The first kappa shape index (κ1) is 12.3. The summed E-state index contributed by atoms with van der Waals surface area (Å²) < 4.78 is 3.34. The van der Waals surface area contributed by atoms with Gasteiger partial charge in [0.25, 0.3) is 0 Å².